The Labute approximate surface area is 202 Å². The van der Waals surface area contributed by atoms with E-state index in [4.69, 9.17) is 27.2 Å². The van der Waals surface area contributed by atoms with E-state index in [1.807, 2.05) is 37.7 Å². The zero-order chi connectivity index (χ0) is 24.4. The lowest BCUT2D eigenvalue weighted by Gasteiger charge is -2.19. The molecule has 180 valence electrons. The molecule has 8 nitrogen and oxygen atoms in total. The standard InChI is InChI=1S/C22H22ClFN6O2.C2H6/c1-12-18-7-15(25)4-5-29(18)28-21(12)13-6-20(22-16(23)9-27-30(22)10-13)32-11-19(31)17-3-2-14(24)8-26-17;1-2/h2-3,6,8-10,15,19,31H,4-5,7,11,25H2,1H3;1-2H3. The molecule has 0 saturated heterocycles. The van der Waals surface area contributed by atoms with Crippen LogP contribution in [0.1, 0.15) is 43.3 Å². The molecule has 5 rings (SSSR count). The van der Waals surface area contributed by atoms with Gasteiger partial charge >= 0.3 is 0 Å². The van der Waals surface area contributed by atoms with Gasteiger partial charge in [-0.2, -0.15) is 10.2 Å². The number of ether oxygens (including phenoxy) is 1. The third kappa shape index (κ3) is 4.64. The van der Waals surface area contributed by atoms with Crippen LogP contribution in [-0.2, 0) is 13.0 Å². The topological polar surface area (TPSA) is 103 Å². The number of hydrogen-bond acceptors (Lipinski definition) is 6. The molecule has 1 aliphatic heterocycles. The van der Waals surface area contributed by atoms with Crippen LogP contribution in [0.15, 0.2) is 36.8 Å². The van der Waals surface area contributed by atoms with E-state index in [9.17, 15) is 9.50 Å². The zero-order valence-corrected chi connectivity index (χ0v) is 20.1. The van der Waals surface area contributed by atoms with Gasteiger partial charge in [-0.25, -0.2) is 8.91 Å². The van der Waals surface area contributed by atoms with Gasteiger partial charge in [0.25, 0.3) is 0 Å². The minimum absolute atomic E-state index is 0.0905. The minimum atomic E-state index is -1.04. The summed E-state index contributed by atoms with van der Waals surface area (Å²) in [6.07, 6.45) is 5.09. The molecular weight excluding hydrogens is 459 g/mol. The maximum absolute atomic E-state index is 13.1. The summed E-state index contributed by atoms with van der Waals surface area (Å²) < 4.78 is 22.7. The SMILES string of the molecule is CC.Cc1c(-c2cc(OCC(O)c3ccc(F)cn3)c3c(Cl)cnn3c2)nn2c1CC(N)CC2. The van der Waals surface area contributed by atoms with Gasteiger partial charge in [-0.05, 0) is 37.1 Å². The van der Waals surface area contributed by atoms with Crippen LogP contribution in [0.25, 0.3) is 16.8 Å². The van der Waals surface area contributed by atoms with Gasteiger partial charge in [0.05, 0.1) is 28.8 Å². The summed E-state index contributed by atoms with van der Waals surface area (Å²) in [4.78, 5) is 3.91. The Bertz CT molecular complexity index is 1290. The van der Waals surface area contributed by atoms with Crippen LogP contribution >= 0.6 is 11.6 Å². The molecule has 3 N–H and O–H groups in total. The monoisotopic (exact) mass is 486 g/mol. The summed E-state index contributed by atoms with van der Waals surface area (Å²) in [6, 6.07) is 4.64. The second-order valence-electron chi connectivity index (χ2n) is 8.00. The van der Waals surface area contributed by atoms with E-state index in [2.05, 4.69) is 10.1 Å². The van der Waals surface area contributed by atoms with E-state index in [-0.39, 0.29) is 12.6 Å². The number of aliphatic hydroxyl groups is 1. The summed E-state index contributed by atoms with van der Waals surface area (Å²) in [5.41, 5.74) is 10.9. The number of fused-ring (bicyclic) bond motifs is 2. The first-order chi connectivity index (χ1) is 16.4. The van der Waals surface area contributed by atoms with Crippen molar-refractivity contribution in [2.24, 2.45) is 5.73 Å². The molecule has 0 aliphatic carbocycles. The summed E-state index contributed by atoms with van der Waals surface area (Å²) >= 11 is 6.34. The Kier molecular flexibility index (Phi) is 7.16. The van der Waals surface area contributed by atoms with Crippen molar-refractivity contribution in [3.05, 3.63) is 64.6 Å². The molecule has 10 heteroatoms. The molecule has 34 heavy (non-hydrogen) atoms. The maximum atomic E-state index is 13.1. The zero-order valence-electron chi connectivity index (χ0n) is 19.4. The van der Waals surface area contributed by atoms with Crippen LogP contribution in [0.3, 0.4) is 0 Å². The number of aryl methyl sites for hydroxylation is 1. The smallest absolute Gasteiger partial charge is 0.147 e. The Morgan fingerprint density at radius 1 is 1.32 bits per heavy atom. The molecule has 0 bridgehead atoms. The highest BCUT2D eigenvalue weighted by atomic mass is 35.5. The van der Waals surface area contributed by atoms with Crippen molar-refractivity contribution in [1.82, 2.24) is 24.4 Å². The van der Waals surface area contributed by atoms with E-state index in [0.717, 1.165) is 48.1 Å². The van der Waals surface area contributed by atoms with Crippen molar-refractivity contribution in [1.29, 1.82) is 0 Å². The van der Waals surface area contributed by atoms with Gasteiger partial charge in [0, 0.05) is 36.5 Å². The predicted octanol–water partition coefficient (Wildman–Crippen LogP) is 4.11. The van der Waals surface area contributed by atoms with E-state index in [0.29, 0.717) is 22.0 Å². The van der Waals surface area contributed by atoms with Gasteiger partial charge in [0.15, 0.2) is 0 Å². The van der Waals surface area contributed by atoms with Crippen molar-refractivity contribution < 1.29 is 14.2 Å². The number of hydrogen-bond donors (Lipinski definition) is 2. The van der Waals surface area contributed by atoms with Gasteiger partial charge in [-0.1, -0.05) is 25.4 Å². The van der Waals surface area contributed by atoms with Crippen molar-refractivity contribution in [2.75, 3.05) is 6.61 Å². The lowest BCUT2D eigenvalue weighted by Crippen LogP contribution is -2.31. The molecule has 0 fully saturated rings. The quantitative estimate of drug-likeness (QED) is 0.440. The molecule has 2 atom stereocenters. The second kappa shape index (κ2) is 10.1. The second-order valence-corrected chi connectivity index (χ2v) is 8.41. The van der Waals surface area contributed by atoms with Crippen LogP contribution < -0.4 is 10.5 Å². The largest absolute Gasteiger partial charge is 0.488 e. The highest BCUT2D eigenvalue weighted by Crippen LogP contribution is 2.35. The number of aromatic nitrogens is 5. The van der Waals surface area contributed by atoms with Gasteiger partial charge in [0.1, 0.15) is 29.8 Å². The molecule has 0 radical (unpaired) electrons. The van der Waals surface area contributed by atoms with Crippen LogP contribution in [0.5, 0.6) is 5.75 Å². The molecule has 4 aromatic heterocycles. The first-order valence-corrected chi connectivity index (χ1v) is 11.7. The molecule has 5 heterocycles. The Morgan fingerprint density at radius 3 is 2.85 bits per heavy atom. The van der Waals surface area contributed by atoms with E-state index in [1.54, 1.807) is 4.52 Å². The van der Waals surface area contributed by atoms with E-state index >= 15 is 0 Å². The summed E-state index contributed by atoms with van der Waals surface area (Å²) in [5, 5.41) is 20.0. The van der Waals surface area contributed by atoms with Gasteiger partial charge < -0.3 is 15.6 Å². The molecule has 2 unspecified atom stereocenters. The van der Waals surface area contributed by atoms with Gasteiger partial charge in [-0.3, -0.25) is 9.67 Å². The molecule has 1 aliphatic rings. The maximum Gasteiger partial charge on any atom is 0.147 e. The van der Waals surface area contributed by atoms with Gasteiger partial charge in [0.2, 0.25) is 0 Å². The fraction of sp³-hybridized carbons (Fsp3) is 0.375. The summed E-state index contributed by atoms with van der Waals surface area (Å²) in [5.74, 6) is -0.0188. The van der Waals surface area contributed by atoms with Crippen molar-refractivity contribution in [2.45, 2.75) is 52.3 Å². The highest BCUT2D eigenvalue weighted by molar-refractivity contribution is 6.34. The molecule has 0 spiro atoms. The molecular formula is C24H28ClFN6O2. The summed E-state index contributed by atoms with van der Waals surface area (Å²) in [6.45, 7) is 6.73. The number of nitrogens with zero attached hydrogens (tertiary/aromatic N) is 5. The average Bonchev–Trinajstić information content (AvgIpc) is 3.38. The van der Waals surface area contributed by atoms with Crippen molar-refractivity contribution >= 4 is 17.1 Å². The number of aliphatic hydroxyl groups excluding tert-OH is 1. The van der Waals surface area contributed by atoms with E-state index in [1.165, 1.54) is 18.3 Å². The Morgan fingerprint density at radius 2 is 2.12 bits per heavy atom. The minimum Gasteiger partial charge on any atom is -0.488 e. The third-order valence-corrected chi connectivity index (χ3v) is 6.06. The molecule has 0 aromatic carbocycles. The van der Waals surface area contributed by atoms with Crippen LogP contribution in [0, 0.1) is 12.7 Å². The average molecular weight is 487 g/mol. The Hall–Kier alpha value is -3.01. The fourth-order valence-corrected chi connectivity index (χ4v) is 4.29. The molecule has 0 amide bonds. The summed E-state index contributed by atoms with van der Waals surface area (Å²) in [7, 11) is 0. The van der Waals surface area contributed by atoms with Crippen LogP contribution in [-0.4, -0.2) is 42.1 Å². The lowest BCUT2D eigenvalue weighted by atomic mass is 10.0. The first kappa shape index (κ1) is 24.1. The lowest BCUT2D eigenvalue weighted by molar-refractivity contribution is 0.105. The van der Waals surface area contributed by atoms with Crippen molar-refractivity contribution in [3.63, 3.8) is 0 Å². The fourth-order valence-electron chi connectivity index (χ4n) is 4.07. The highest BCUT2D eigenvalue weighted by Gasteiger charge is 2.24. The number of halogens is 2. The molecule has 4 aromatic rings. The first-order valence-electron chi connectivity index (χ1n) is 11.3. The molecule has 0 saturated carbocycles. The van der Waals surface area contributed by atoms with Crippen LogP contribution in [0.4, 0.5) is 4.39 Å². The predicted molar refractivity (Wildman–Crippen MR) is 128 cm³/mol. The number of pyridine rings is 2. The van der Waals surface area contributed by atoms with E-state index < -0.39 is 11.9 Å². The Balaban J connectivity index is 0.00000133. The normalized spacial score (nSPS) is 16.0. The van der Waals surface area contributed by atoms with Crippen LogP contribution in [0.2, 0.25) is 5.02 Å². The number of rotatable bonds is 5. The van der Waals surface area contributed by atoms with Crippen molar-refractivity contribution in [3.8, 4) is 17.0 Å². The third-order valence-electron chi connectivity index (χ3n) is 5.78. The number of nitrogens with two attached hydrogens (primary N) is 1. The van der Waals surface area contributed by atoms with Gasteiger partial charge in [-0.15, -0.1) is 0 Å².